The van der Waals surface area contributed by atoms with E-state index in [4.69, 9.17) is 0 Å². The van der Waals surface area contributed by atoms with Crippen LogP contribution in [0.4, 0.5) is 5.69 Å². The maximum atomic E-state index is 3.52. The van der Waals surface area contributed by atoms with Gasteiger partial charge in [-0.05, 0) is 70.1 Å². The van der Waals surface area contributed by atoms with Crippen LogP contribution in [0.1, 0.15) is 20.3 Å². The van der Waals surface area contributed by atoms with Gasteiger partial charge in [0.1, 0.15) is 0 Å². The van der Waals surface area contributed by atoms with Crippen LogP contribution in [-0.4, -0.2) is 6.04 Å². The number of hydrogen-bond acceptors (Lipinski definition) is 1. The van der Waals surface area contributed by atoms with Crippen molar-refractivity contribution in [3.8, 4) is 0 Å². The Morgan fingerprint density at radius 1 is 1.54 bits per heavy atom. The molecule has 1 rings (SSSR count). The topological polar surface area (TPSA) is 12.0 Å². The van der Waals surface area contributed by atoms with Gasteiger partial charge in [-0.1, -0.05) is 6.92 Å². The minimum atomic E-state index is 0.523. The first kappa shape index (κ1) is 11.3. The zero-order valence-electron chi connectivity index (χ0n) is 7.77. The van der Waals surface area contributed by atoms with E-state index in [1.807, 2.05) is 0 Å². The van der Waals surface area contributed by atoms with Gasteiger partial charge in [-0.3, -0.25) is 0 Å². The second-order valence-electron chi connectivity index (χ2n) is 3.08. The van der Waals surface area contributed by atoms with Crippen molar-refractivity contribution in [3.05, 3.63) is 26.2 Å². The molecule has 1 nitrogen and oxygen atoms in total. The first-order valence-electron chi connectivity index (χ1n) is 4.35. The second kappa shape index (κ2) is 5.20. The molecule has 0 saturated heterocycles. The van der Waals surface area contributed by atoms with Crippen LogP contribution < -0.4 is 5.32 Å². The zero-order valence-corrected chi connectivity index (χ0v) is 11.5. The van der Waals surface area contributed by atoms with Crippen molar-refractivity contribution >= 4 is 44.2 Å². The molecule has 0 aliphatic carbocycles. The minimum absolute atomic E-state index is 0.523. The smallest absolute Gasteiger partial charge is 0.0497 e. The first-order valence-corrected chi connectivity index (χ1v) is 6.22. The van der Waals surface area contributed by atoms with E-state index in [1.165, 1.54) is 9.26 Å². The lowest BCUT2D eigenvalue weighted by atomic mass is 10.2. The van der Waals surface area contributed by atoms with E-state index in [1.54, 1.807) is 0 Å². The molecule has 3 heteroatoms. The fourth-order valence-corrected chi connectivity index (χ4v) is 1.83. The van der Waals surface area contributed by atoms with E-state index < -0.39 is 0 Å². The Balaban J connectivity index is 2.81. The molecule has 1 aromatic carbocycles. The highest BCUT2D eigenvalue weighted by Crippen LogP contribution is 2.25. The maximum absolute atomic E-state index is 3.52. The molecule has 13 heavy (non-hydrogen) atoms. The van der Waals surface area contributed by atoms with Crippen molar-refractivity contribution in [3.63, 3.8) is 0 Å². The molecular formula is C10H13BrIN. The largest absolute Gasteiger partial charge is 0.382 e. The minimum Gasteiger partial charge on any atom is -0.382 e. The van der Waals surface area contributed by atoms with Crippen LogP contribution in [0.5, 0.6) is 0 Å². The Kier molecular flexibility index (Phi) is 4.52. The number of nitrogens with one attached hydrogen (secondary N) is 1. The SMILES string of the molecule is CCC(C)Nc1cc(I)ccc1Br. The van der Waals surface area contributed by atoms with E-state index in [9.17, 15) is 0 Å². The summed E-state index contributed by atoms with van der Waals surface area (Å²) in [6, 6.07) is 6.84. The lowest BCUT2D eigenvalue weighted by Crippen LogP contribution is -2.13. The van der Waals surface area contributed by atoms with Gasteiger partial charge in [0.25, 0.3) is 0 Å². The number of benzene rings is 1. The summed E-state index contributed by atoms with van der Waals surface area (Å²) in [5, 5.41) is 3.45. The summed E-state index contributed by atoms with van der Waals surface area (Å²) < 4.78 is 2.39. The molecule has 0 spiro atoms. The maximum Gasteiger partial charge on any atom is 0.0497 e. The molecule has 72 valence electrons. The molecule has 0 bridgehead atoms. The molecule has 0 aliphatic rings. The standard InChI is InChI=1S/C10H13BrIN/c1-3-7(2)13-10-6-8(12)4-5-9(10)11/h4-7,13H,3H2,1-2H3. The van der Waals surface area contributed by atoms with Crippen molar-refractivity contribution < 1.29 is 0 Å². The quantitative estimate of drug-likeness (QED) is 0.800. The third-order valence-corrected chi connectivity index (χ3v) is 3.31. The molecule has 0 aliphatic heterocycles. The second-order valence-corrected chi connectivity index (χ2v) is 5.18. The van der Waals surface area contributed by atoms with Crippen LogP contribution in [0.25, 0.3) is 0 Å². The van der Waals surface area contributed by atoms with Gasteiger partial charge in [-0.15, -0.1) is 0 Å². The van der Waals surface area contributed by atoms with Gasteiger partial charge < -0.3 is 5.32 Å². The lowest BCUT2D eigenvalue weighted by molar-refractivity contribution is 0.763. The summed E-state index contributed by atoms with van der Waals surface area (Å²) in [6.45, 7) is 4.37. The molecular weight excluding hydrogens is 341 g/mol. The Morgan fingerprint density at radius 2 is 2.23 bits per heavy atom. The Labute approximate surface area is 102 Å². The fraction of sp³-hybridized carbons (Fsp3) is 0.400. The van der Waals surface area contributed by atoms with E-state index in [0.717, 1.165) is 10.9 Å². The molecule has 0 fully saturated rings. The average Bonchev–Trinajstić information content (AvgIpc) is 2.11. The Bertz CT molecular complexity index is 288. The molecule has 1 aromatic rings. The van der Waals surface area contributed by atoms with Crippen LogP contribution in [0.15, 0.2) is 22.7 Å². The lowest BCUT2D eigenvalue weighted by Gasteiger charge is -2.14. The molecule has 0 amide bonds. The fourth-order valence-electron chi connectivity index (χ4n) is 0.976. The van der Waals surface area contributed by atoms with E-state index in [0.29, 0.717) is 6.04 Å². The number of hydrogen-bond donors (Lipinski definition) is 1. The normalized spacial score (nSPS) is 12.6. The Hall–Kier alpha value is 0.230. The summed E-state index contributed by atoms with van der Waals surface area (Å²) in [6.07, 6.45) is 1.14. The predicted octanol–water partition coefficient (Wildman–Crippen LogP) is 4.26. The van der Waals surface area contributed by atoms with Crippen LogP contribution in [0.2, 0.25) is 0 Å². The van der Waals surface area contributed by atoms with Crippen LogP contribution in [-0.2, 0) is 0 Å². The average molecular weight is 354 g/mol. The highest BCUT2D eigenvalue weighted by molar-refractivity contribution is 14.1. The van der Waals surface area contributed by atoms with Gasteiger partial charge >= 0.3 is 0 Å². The number of rotatable bonds is 3. The summed E-state index contributed by atoms with van der Waals surface area (Å²) >= 11 is 5.84. The van der Waals surface area contributed by atoms with Crippen molar-refractivity contribution in [2.45, 2.75) is 26.3 Å². The highest BCUT2D eigenvalue weighted by atomic mass is 127. The zero-order chi connectivity index (χ0) is 9.84. The molecule has 1 atom stereocenters. The molecule has 0 radical (unpaired) electrons. The highest BCUT2D eigenvalue weighted by Gasteiger charge is 2.03. The molecule has 0 heterocycles. The van der Waals surface area contributed by atoms with Crippen LogP contribution >= 0.6 is 38.5 Å². The Morgan fingerprint density at radius 3 is 2.85 bits per heavy atom. The van der Waals surface area contributed by atoms with Gasteiger partial charge in [-0.25, -0.2) is 0 Å². The summed E-state index contributed by atoms with van der Waals surface area (Å²) in [5.74, 6) is 0. The number of halogens is 2. The van der Waals surface area contributed by atoms with Crippen molar-refractivity contribution in [2.24, 2.45) is 0 Å². The molecule has 1 unspecified atom stereocenters. The third-order valence-electron chi connectivity index (χ3n) is 1.94. The molecule has 1 N–H and O–H groups in total. The molecule has 0 saturated carbocycles. The van der Waals surface area contributed by atoms with Crippen LogP contribution in [0, 0.1) is 3.57 Å². The van der Waals surface area contributed by atoms with E-state index in [-0.39, 0.29) is 0 Å². The van der Waals surface area contributed by atoms with Crippen molar-refractivity contribution in [1.82, 2.24) is 0 Å². The number of anilines is 1. The van der Waals surface area contributed by atoms with Gasteiger partial charge in [-0.2, -0.15) is 0 Å². The predicted molar refractivity (Wildman–Crippen MR) is 70.2 cm³/mol. The summed E-state index contributed by atoms with van der Waals surface area (Å²) in [7, 11) is 0. The van der Waals surface area contributed by atoms with Crippen molar-refractivity contribution in [2.75, 3.05) is 5.32 Å². The van der Waals surface area contributed by atoms with Gasteiger partial charge in [0.2, 0.25) is 0 Å². The van der Waals surface area contributed by atoms with E-state index >= 15 is 0 Å². The monoisotopic (exact) mass is 353 g/mol. The van der Waals surface area contributed by atoms with Crippen molar-refractivity contribution in [1.29, 1.82) is 0 Å². The van der Waals surface area contributed by atoms with Gasteiger partial charge in [0.15, 0.2) is 0 Å². The van der Waals surface area contributed by atoms with Gasteiger partial charge in [0.05, 0.1) is 0 Å². The summed E-state index contributed by atoms with van der Waals surface area (Å²) in [5.41, 5.74) is 1.18. The van der Waals surface area contributed by atoms with Crippen LogP contribution in [0.3, 0.4) is 0 Å². The summed E-state index contributed by atoms with van der Waals surface area (Å²) in [4.78, 5) is 0. The molecule has 0 aromatic heterocycles. The third kappa shape index (κ3) is 3.46. The first-order chi connectivity index (χ1) is 6.13. The van der Waals surface area contributed by atoms with E-state index in [2.05, 4.69) is 75.9 Å². The van der Waals surface area contributed by atoms with Gasteiger partial charge in [0, 0.05) is 19.8 Å².